The van der Waals surface area contributed by atoms with E-state index in [1.807, 2.05) is 6.92 Å². The van der Waals surface area contributed by atoms with Gasteiger partial charge in [0, 0.05) is 18.2 Å². The van der Waals surface area contributed by atoms with Gasteiger partial charge in [-0.1, -0.05) is 31.9 Å². The summed E-state index contributed by atoms with van der Waals surface area (Å²) in [6.45, 7) is 2.24. The molecule has 1 saturated carbocycles. The van der Waals surface area contributed by atoms with E-state index in [2.05, 4.69) is 10.0 Å². The van der Waals surface area contributed by atoms with Crippen molar-refractivity contribution >= 4 is 15.9 Å². The van der Waals surface area contributed by atoms with E-state index in [0.717, 1.165) is 31.2 Å². The zero-order chi connectivity index (χ0) is 21.7. The van der Waals surface area contributed by atoms with Crippen LogP contribution in [0.15, 0.2) is 47.4 Å². The van der Waals surface area contributed by atoms with Gasteiger partial charge in [-0.25, -0.2) is 17.5 Å². The molecular formula is C22H27FN2O4S. The molecule has 1 fully saturated rings. The van der Waals surface area contributed by atoms with E-state index < -0.39 is 15.9 Å². The topological polar surface area (TPSA) is 84.5 Å². The average Bonchev–Trinajstić information content (AvgIpc) is 2.74. The fourth-order valence-corrected chi connectivity index (χ4v) is 5.24. The molecule has 0 bridgehead atoms. The Hall–Kier alpha value is -2.45. The van der Waals surface area contributed by atoms with Gasteiger partial charge in [0.15, 0.2) is 0 Å². The summed E-state index contributed by atoms with van der Waals surface area (Å²) in [7, 11) is -2.47. The van der Waals surface area contributed by atoms with Crippen LogP contribution >= 0.6 is 0 Å². The predicted molar refractivity (Wildman–Crippen MR) is 112 cm³/mol. The average molecular weight is 435 g/mol. The number of hydrogen-bond acceptors (Lipinski definition) is 4. The molecule has 30 heavy (non-hydrogen) atoms. The summed E-state index contributed by atoms with van der Waals surface area (Å²) in [5.41, 5.74) is 0.939. The fraction of sp³-hybridized carbons (Fsp3) is 0.409. The molecule has 2 aromatic carbocycles. The molecule has 0 aromatic heterocycles. The summed E-state index contributed by atoms with van der Waals surface area (Å²) >= 11 is 0. The standard InChI is InChI=1S/C22H27FN2O4S/c1-15-5-3-4-6-19(15)25-30(27,28)21-13-17(9-12-20(21)29-2)22(26)24-14-16-7-10-18(23)11-8-16/h7-13,15,19,25H,3-6,14H2,1-2H3,(H,24,26)/t15-,19+/m1/s1. The van der Waals surface area contributed by atoms with E-state index in [9.17, 15) is 17.6 Å². The van der Waals surface area contributed by atoms with Gasteiger partial charge in [-0.2, -0.15) is 0 Å². The maximum Gasteiger partial charge on any atom is 0.251 e. The molecule has 3 rings (SSSR count). The van der Waals surface area contributed by atoms with E-state index >= 15 is 0 Å². The van der Waals surface area contributed by atoms with Crippen LogP contribution in [0.5, 0.6) is 5.75 Å². The van der Waals surface area contributed by atoms with E-state index in [1.165, 1.54) is 37.4 Å². The monoisotopic (exact) mass is 434 g/mol. The van der Waals surface area contributed by atoms with Gasteiger partial charge >= 0.3 is 0 Å². The van der Waals surface area contributed by atoms with Crippen molar-refractivity contribution in [3.8, 4) is 5.75 Å². The van der Waals surface area contributed by atoms with Crippen molar-refractivity contribution in [3.63, 3.8) is 0 Å². The van der Waals surface area contributed by atoms with Crippen LogP contribution in [-0.2, 0) is 16.6 Å². The van der Waals surface area contributed by atoms with Gasteiger partial charge < -0.3 is 10.1 Å². The molecule has 0 aliphatic heterocycles. The van der Waals surface area contributed by atoms with Crippen LogP contribution in [0.25, 0.3) is 0 Å². The molecular weight excluding hydrogens is 407 g/mol. The number of halogens is 1. The minimum Gasteiger partial charge on any atom is -0.495 e. The molecule has 162 valence electrons. The predicted octanol–water partition coefficient (Wildman–Crippen LogP) is 3.62. The minimum atomic E-state index is -3.86. The summed E-state index contributed by atoms with van der Waals surface area (Å²) in [4.78, 5) is 12.5. The third-order valence-electron chi connectivity index (χ3n) is 5.50. The molecule has 1 aliphatic rings. The zero-order valence-corrected chi connectivity index (χ0v) is 18.0. The lowest BCUT2D eigenvalue weighted by molar-refractivity contribution is 0.0950. The van der Waals surface area contributed by atoms with Crippen LogP contribution < -0.4 is 14.8 Å². The summed E-state index contributed by atoms with van der Waals surface area (Å²) < 4.78 is 47.1. The Kier molecular flexibility index (Phi) is 7.10. The highest BCUT2D eigenvalue weighted by molar-refractivity contribution is 7.89. The van der Waals surface area contributed by atoms with Gasteiger partial charge in [-0.15, -0.1) is 0 Å². The third-order valence-corrected chi connectivity index (χ3v) is 7.01. The molecule has 0 saturated heterocycles. The Morgan fingerprint density at radius 2 is 1.83 bits per heavy atom. The molecule has 0 radical (unpaired) electrons. The molecule has 0 heterocycles. The number of carbonyl (C=O) groups is 1. The van der Waals surface area contributed by atoms with E-state index in [0.29, 0.717) is 0 Å². The smallest absolute Gasteiger partial charge is 0.251 e. The Labute approximate surface area is 176 Å². The van der Waals surface area contributed by atoms with Crippen molar-refractivity contribution in [2.24, 2.45) is 5.92 Å². The number of rotatable bonds is 7. The van der Waals surface area contributed by atoms with Crippen molar-refractivity contribution in [1.82, 2.24) is 10.0 Å². The van der Waals surface area contributed by atoms with Gasteiger partial charge in [0.05, 0.1) is 7.11 Å². The zero-order valence-electron chi connectivity index (χ0n) is 17.2. The van der Waals surface area contributed by atoms with Gasteiger partial charge in [0.2, 0.25) is 10.0 Å². The van der Waals surface area contributed by atoms with Gasteiger partial charge in [0.25, 0.3) is 5.91 Å². The Bertz CT molecular complexity index is 993. The molecule has 0 spiro atoms. The first-order valence-electron chi connectivity index (χ1n) is 10.0. The van der Waals surface area contributed by atoms with E-state index in [1.54, 1.807) is 12.1 Å². The van der Waals surface area contributed by atoms with E-state index in [4.69, 9.17) is 4.74 Å². The van der Waals surface area contributed by atoms with Gasteiger partial charge in [-0.3, -0.25) is 4.79 Å². The second-order valence-electron chi connectivity index (χ2n) is 7.66. The number of hydrogen-bond donors (Lipinski definition) is 2. The first-order chi connectivity index (χ1) is 14.3. The largest absolute Gasteiger partial charge is 0.495 e. The van der Waals surface area contributed by atoms with Crippen molar-refractivity contribution in [1.29, 1.82) is 0 Å². The highest BCUT2D eigenvalue weighted by atomic mass is 32.2. The maximum absolute atomic E-state index is 13.1. The first kappa shape index (κ1) is 22.2. The summed E-state index contributed by atoms with van der Waals surface area (Å²) in [6, 6.07) is 9.98. The Morgan fingerprint density at radius 3 is 2.50 bits per heavy atom. The lowest BCUT2D eigenvalue weighted by Crippen LogP contribution is -2.41. The number of amides is 1. The molecule has 2 atom stereocenters. The second-order valence-corrected chi connectivity index (χ2v) is 9.35. The van der Waals surface area contributed by atoms with Crippen molar-refractivity contribution in [3.05, 3.63) is 59.4 Å². The normalized spacial score (nSPS) is 19.3. The summed E-state index contributed by atoms with van der Waals surface area (Å²) in [5, 5.41) is 2.72. The Morgan fingerprint density at radius 1 is 1.13 bits per heavy atom. The van der Waals surface area contributed by atoms with Crippen LogP contribution in [0.2, 0.25) is 0 Å². The van der Waals surface area contributed by atoms with Crippen molar-refractivity contribution in [2.45, 2.75) is 50.1 Å². The molecule has 2 N–H and O–H groups in total. The molecule has 2 aromatic rings. The second kappa shape index (κ2) is 9.57. The van der Waals surface area contributed by atoms with Crippen molar-refractivity contribution in [2.75, 3.05) is 7.11 Å². The number of methoxy groups -OCH3 is 1. The number of ether oxygens (including phenoxy) is 1. The molecule has 1 amide bonds. The molecule has 8 heteroatoms. The SMILES string of the molecule is COc1ccc(C(=O)NCc2ccc(F)cc2)cc1S(=O)(=O)N[C@H]1CCCC[C@H]1C. The first-order valence-corrected chi connectivity index (χ1v) is 11.5. The lowest BCUT2D eigenvalue weighted by Gasteiger charge is -2.29. The number of sulfonamides is 1. The highest BCUT2D eigenvalue weighted by Crippen LogP contribution is 2.29. The quantitative estimate of drug-likeness (QED) is 0.697. The summed E-state index contributed by atoms with van der Waals surface area (Å²) in [6.07, 6.45) is 3.86. The van der Waals surface area contributed by atoms with Crippen LogP contribution in [0.1, 0.15) is 48.5 Å². The minimum absolute atomic E-state index is 0.0581. The number of benzene rings is 2. The van der Waals surface area contributed by atoms with Crippen LogP contribution in [0.4, 0.5) is 4.39 Å². The van der Waals surface area contributed by atoms with Crippen LogP contribution in [0, 0.1) is 11.7 Å². The van der Waals surface area contributed by atoms with Crippen molar-refractivity contribution < 1.29 is 22.3 Å². The third kappa shape index (κ3) is 5.37. The molecule has 6 nitrogen and oxygen atoms in total. The van der Waals surface area contributed by atoms with Gasteiger partial charge in [-0.05, 0) is 54.7 Å². The highest BCUT2D eigenvalue weighted by Gasteiger charge is 2.29. The Balaban J connectivity index is 1.78. The van der Waals surface area contributed by atoms with Crippen LogP contribution in [0.3, 0.4) is 0 Å². The number of carbonyl (C=O) groups excluding carboxylic acids is 1. The number of nitrogens with one attached hydrogen (secondary N) is 2. The van der Waals surface area contributed by atoms with Crippen LogP contribution in [-0.4, -0.2) is 27.5 Å². The van der Waals surface area contributed by atoms with E-state index in [-0.39, 0.29) is 40.5 Å². The summed E-state index contributed by atoms with van der Waals surface area (Å²) in [5.74, 6) is -0.345. The maximum atomic E-state index is 13.1. The van der Waals surface area contributed by atoms with Gasteiger partial charge in [0.1, 0.15) is 16.5 Å². The fourth-order valence-electron chi connectivity index (χ4n) is 3.67. The lowest BCUT2D eigenvalue weighted by atomic mass is 9.87. The molecule has 1 aliphatic carbocycles. The molecule has 0 unspecified atom stereocenters.